The minimum absolute atomic E-state index is 0.0516. The monoisotopic (exact) mass is 273 g/mol. The summed E-state index contributed by atoms with van der Waals surface area (Å²) in [7, 11) is 0. The van der Waals surface area contributed by atoms with Gasteiger partial charge in [0.1, 0.15) is 0 Å². The summed E-state index contributed by atoms with van der Waals surface area (Å²) in [5.74, 6) is -1.46. The van der Waals surface area contributed by atoms with Crippen molar-refractivity contribution in [1.82, 2.24) is 0 Å². The SMILES string of the molecule is O=C(O)C1CCC(CNc2cccc(Cl)c2F)O1. The second-order valence-electron chi connectivity index (χ2n) is 4.14. The van der Waals surface area contributed by atoms with Crippen molar-refractivity contribution < 1.29 is 19.0 Å². The standard InChI is InChI=1S/C12H13ClFNO3/c13-8-2-1-3-9(11(8)14)15-6-7-4-5-10(18-7)12(16)17/h1-3,7,10,15H,4-6H2,(H,16,17). The summed E-state index contributed by atoms with van der Waals surface area (Å²) in [4.78, 5) is 10.7. The number of hydrogen-bond donors (Lipinski definition) is 2. The molecule has 0 aliphatic carbocycles. The van der Waals surface area contributed by atoms with Gasteiger partial charge in [-0.3, -0.25) is 0 Å². The molecule has 1 aromatic carbocycles. The number of carboxylic acids is 1. The van der Waals surface area contributed by atoms with E-state index in [0.29, 0.717) is 25.1 Å². The van der Waals surface area contributed by atoms with Gasteiger partial charge in [-0.1, -0.05) is 17.7 Å². The molecule has 0 spiro atoms. The maximum absolute atomic E-state index is 13.6. The maximum Gasteiger partial charge on any atom is 0.332 e. The molecule has 4 nitrogen and oxygen atoms in total. The zero-order chi connectivity index (χ0) is 13.1. The van der Waals surface area contributed by atoms with E-state index < -0.39 is 17.9 Å². The largest absolute Gasteiger partial charge is 0.479 e. The number of carbonyl (C=O) groups is 1. The van der Waals surface area contributed by atoms with Crippen LogP contribution in [0, 0.1) is 5.82 Å². The highest BCUT2D eigenvalue weighted by Gasteiger charge is 2.30. The number of benzene rings is 1. The molecule has 0 radical (unpaired) electrons. The number of ether oxygens (including phenoxy) is 1. The Morgan fingerprint density at radius 1 is 1.56 bits per heavy atom. The average Bonchev–Trinajstić information content (AvgIpc) is 2.80. The number of nitrogens with one attached hydrogen (secondary N) is 1. The fraction of sp³-hybridized carbons (Fsp3) is 0.417. The van der Waals surface area contributed by atoms with Gasteiger partial charge < -0.3 is 15.2 Å². The molecule has 1 aliphatic rings. The summed E-state index contributed by atoms with van der Waals surface area (Å²) in [6, 6.07) is 4.68. The van der Waals surface area contributed by atoms with Gasteiger partial charge in [0.15, 0.2) is 11.9 Å². The number of aliphatic carboxylic acids is 1. The van der Waals surface area contributed by atoms with Crippen LogP contribution in [0.3, 0.4) is 0 Å². The highest BCUT2D eigenvalue weighted by Crippen LogP contribution is 2.24. The van der Waals surface area contributed by atoms with E-state index >= 15 is 0 Å². The molecule has 18 heavy (non-hydrogen) atoms. The van der Waals surface area contributed by atoms with Crippen molar-refractivity contribution in [3.05, 3.63) is 29.0 Å². The topological polar surface area (TPSA) is 58.6 Å². The molecule has 0 aromatic heterocycles. The highest BCUT2D eigenvalue weighted by atomic mass is 35.5. The molecule has 2 N–H and O–H groups in total. The van der Waals surface area contributed by atoms with Gasteiger partial charge in [0.25, 0.3) is 0 Å². The predicted octanol–water partition coefficient (Wildman–Crippen LogP) is 2.52. The number of hydrogen-bond acceptors (Lipinski definition) is 3. The van der Waals surface area contributed by atoms with E-state index in [1.54, 1.807) is 12.1 Å². The summed E-state index contributed by atoms with van der Waals surface area (Å²) in [6.07, 6.45) is 0.164. The summed E-state index contributed by atoms with van der Waals surface area (Å²) in [5.41, 5.74) is 0.296. The van der Waals surface area contributed by atoms with Crippen LogP contribution in [0.1, 0.15) is 12.8 Å². The van der Waals surface area contributed by atoms with Crippen LogP contribution < -0.4 is 5.32 Å². The second kappa shape index (κ2) is 5.54. The van der Waals surface area contributed by atoms with E-state index in [1.807, 2.05) is 0 Å². The molecule has 1 aromatic rings. The van der Waals surface area contributed by atoms with Gasteiger partial charge in [0.05, 0.1) is 16.8 Å². The Morgan fingerprint density at radius 3 is 3.00 bits per heavy atom. The van der Waals surface area contributed by atoms with Crippen molar-refractivity contribution in [3.8, 4) is 0 Å². The van der Waals surface area contributed by atoms with Crippen molar-refractivity contribution in [1.29, 1.82) is 0 Å². The van der Waals surface area contributed by atoms with Gasteiger partial charge in [-0.05, 0) is 25.0 Å². The molecule has 2 unspecified atom stereocenters. The Kier molecular flexibility index (Phi) is 4.04. The van der Waals surface area contributed by atoms with Gasteiger partial charge in [0.2, 0.25) is 0 Å². The molecular weight excluding hydrogens is 261 g/mol. The smallest absolute Gasteiger partial charge is 0.332 e. The third-order valence-electron chi connectivity index (χ3n) is 2.85. The lowest BCUT2D eigenvalue weighted by Crippen LogP contribution is -2.24. The Balaban J connectivity index is 1.89. The number of carboxylic acid groups (broad SMARTS) is 1. The lowest BCUT2D eigenvalue weighted by molar-refractivity contribution is -0.149. The van der Waals surface area contributed by atoms with E-state index in [-0.39, 0.29) is 11.1 Å². The first-order valence-electron chi connectivity index (χ1n) is 5.64. The Hall–Kier alpha value is -1.33. The Morgan fingerprint density at radius 2 is 2.33 bits per heavy atom. The van der Waals surface area contributed by atoms with Gasteiger partial charge in [-0.25, -0.2) is 9.18 Å². The lowest BCUT2D eigenvalue weighted by atomic mass is 10.2. The first-order chi connectivity index (χ1) is 8.58. The average molecular weight is 274 g/mol. The molecule has 1 aliphatic heterocycles. The molecule has 0 saturated carbocycles. The van der Waals surface area contributed by atoms with Crippen LogP contribution in [0.15, 0.2) is 18.2 Å². The molecule has 0 bridgehead atoms. The summed E-state index contributed by atoms with van der Waals surface area (Å²) in [6.45, 7) is 0.362. The summed E-state index contributed by atoms with van der Waals surface area (Å²) in [5, 5.41) is 11.7. The molecule has 0 amide bonds. The molecule has 6 heteroatoms. The highest BCUT2D eigenvalue weighted by molar-refractivity contribution is 6.31. The van der Waals surface area contributed by atoms with Crippen LogP contribution in [0.25, 0.3) is 0 Å². The summed E-state index contributed by atoms with van der Waals surface area (Å²) < 4.78 is 18.8. The number of anilines is 1. The quantitative estimate of drug-likeness (QED) is 0.885. The first-order valence-corrected chi connectivity index (χ1v) is 6.02. The van der Waals surface area contributed by atoms with Crippen molar-refractivity contribution in [3.63, 3.8) is 0 Å². The van der Waals surface area contributed by atoms with E-state index in [4.69, 9.17) is 21.4 Å². The third kappa shape index (κ3) is 2.91. The lowest BCUT2D eigenvalue weighted by Gasteiger charge is -2.14. The van der Waals surface area contributed by atoms with Gasteiger partial charge >= 0.3 is 5.97 Å². The number of rotatable bonds is 4. The van der Waals surface area contributed by atoms with Crippen molar-refractivity contribution in [2.75, 3.05) is 11.9 Å². The van der Waals surface area contributed by atoms with Crippen molar-refractivity contribution in [2.24, 2.45) is 0 Å². The molecule has 1 heterocycles. The minimum atomic E-state index is -0.952. The third-order valence-corrected chi connectivity index (χ3v) is 3.15. The molecule has 1 fully saturated rings. The van der Waals surface area contributed by atoms with Gasteiger partial charge in [0, 0.05) is 6.54 Å². The first kappa shape index (κ1) is 13.1. The van der Waals surface area contributed by atoms with Crippen LogP contribution in [-0.2, 0) is 9.53 Å². The van der Waals surface area contributed by atoms with Crippen LogP contribution in [0.2, 0.25) is 5.02 Å². The fourth-order valence-electron chi connectivity index (χ4n) is 1.90. The van der Waals surface area contributed by atoms with Crippen LogP contribution in [-0.4, -0.2) is 29.8 Å². The zero-order valence-corrected chi connectivity index (χ0v) is 10.3. The predicted molar refractivity (Wildman–Crippen MR) is 65.4 cm³/mol. The molecule has 2 atom stereocenters. The van der Waals surface area contributed by atoms with Crippen LogP contribution in [0.4, 0.5) is 10.1 Å². The van der Waals surface area contributed by atoms with Gasteiger partial charge in [-0.2, -0.15) is 0 Å². The molecule has 98 valence electrons. The zero-order valence-electron chi connectivity index (χ0n) is 9.53. The fourth-order valence-corrected chi connectivity index (χ4v) is 2.08. The Bertz CT molecular complexity index is 455. The van der Waals surface area contributed by atoms with E-state index in [9.17, 15) is 9.18 Å². The van der Waals surface area contributed by atoms with Crippen LogP contribution in [0.5, 0.6) is 0 Å². The molecule has 2 rings (SSSR count). The van der Waals surface area contributed by atoms with E-state index in [2.05, 4.69) is 5.32 Å². The van der Waals surface area contributed by atoms with E-state index in [0.717, 1.165) is 0 Å². The van der Waals surface area contributed by atoms with Crippen molar-refractivity contribution >= 4 is 23.3 Å². The maximum atomic E-state index is 13.6. The minimum Gasteiger partial charge on any atom is -0.479 e. The number of halogens is 2. The van der Waals surface area contributed by atoms with E-state index in [1.165, 1.54) is 6.07 Å². The van der Waals surface area contributed by atoms with Crippen LogP contribution >= 0.6 is 11.6 Å². The second-order valence-corrected chi connectivity index (χ2v) is 4.55. The van der Waals surface area contributed by atoms with Gasteiger partial charge in [-0.15, -0.1) is 0 Å². The summed E-state index contributed by atoms with van der Waals surface area (Å²) >= 11 is 5.65. The Labute approximate surface area is 109 Å². The molecular formula is C12H13ClFNO3. The molecule has 1 saturated heterocycles. The van der Waals surface area contributed by atoms with Crippen molar-refractivity contribution in [2.45, 2.75) is 25.0 Å². The normalized spacial score (nSPS) is 23.0.